The maximum absolute atomic E-state index is 10.6. The van der Waals surface area contributed by atoms with Gasteiger partial charge >= 0.3 is 24.3 Å². The number of hydrogen-bond donors (Lipinski definition) is 2. The first-order chi connectivity index (χ1) is 16.7. The van der Waals surface area contributed by atoms with Crippen molar-refractivity contribution >= 4 is 11.9 Å². The fraction of sp³-hybridized carbons (Fsp3) is 0.476. The highest BCUT2D eigenvalue weighted by molar-refractivity contribution is 5.73. The van der Waals surface area contributed by atoms with Gasteiger partial charge in [0.2, 0.25) is 0 Å². The zero-order valence-electron chi connectivity index (χ0n) is 18.5. The summed E-state index contributed by atoms with van der Waals surface area (Å²) in [6.07, 6.45) is -3.87. The van der Waals surface area contributed by atoms with Crippen molar-refractivity contribution in [3.63, 3.8) is 0 Å². The molecule has 0 radical (unpaired) electrons. The lowest BCUT2D eigenvalue weighted by molar-refractivity contribution is -0.193. The van der Waals surface area contributed by atoms with Crippen LogP contribution in [0.4, 0.5) is 26.3 Å². The van der Waals surface area contributed by atoms with E-state index < -0.39 is 24.3 Å². The summed E-state index contributed by atoms with van der Waals surface area (Å²) in [5, 5.41) is 14.2. The standard InChI is InChI=1S/C17H20N2O3.2C2HF3O2/c1-3-15(9-18-6-1)21-11-14-5-8-22-17(14)12-19(13-17)10-16-4-2-7-20-16;2*3-2(4,5)1(6)7/h1-4,6-7,9,14H,5,8,10-13H2;2*(H,6,7). The van der Waals surface area contributed by atoms with Crippen molar-refractivity contribution in [1.82, 2.24) is 9.88 Å². The van der Waals surface area contributed by atoms with E-state index in [0.29, 0.717) is 12.5 Å². The van der Waals surface area contributed by atoms with Crippen molar-refractivity contribution < 1.29 is 60.0 Å². The Balaban J connectivity index is 0.000000271. The third-order valence-corrected chi connectivity index (χ3v) is 5.11. The Kier molecular flexibility index (Phi) is 9.69. The lowest BCUT2D eigenvalue weighted by atomic mass is 9.81. The average Bonchev–Trinajstić information content (AvgIpc) is 3.42. The summed E-state index contributed by atoms with van der Waals surface area (Å²) < 4.78 is 80.8. The van der Waals surface area contributed by atoms with Crippen molar-refractivity contribution in [2.75, 3.05) is 26.3 Å². The number of aliphatic carboxylic acids is 2. The van der Waals surface area contributed by atoms with Gasteiger partial charge in [0, 0.05) is 31.8 Å². The molecular formula is C21H22F6N2O7. The van der Waals surface area contributed by atoms with Crippen LogP contribution in [0, 0.1) is 5.92 Å². The predicted molar refractivity (Wildman–Crippen MR) is 108 cm³/mol. The zero-order valence-corrected chi connectivity index (χ0v) is 18.5. The quantitative estimate of drug-likeness (QED) is 0.561. The topological polar surface area (TPSA) is 122 Å². The van der Waals surface area contributed by atoms with Crippen molar-refractivity contribution in [3.05, 3.63) is 48.7 Å². The molecule has 2 fully saturated rings. The van der Waals surface area contributed by atoms with Crippen molar-refractivity contribution in [2.24, 2.45) is 5.92 Å². The summed E-state index contributed by atoms with van der Waals surface area (Å²) in [5.74, 6) is -3.23. The van der Waals surface area contributed by atoms with Crippen molar-refractivity contribution in [3.8, 4) is 5.75 Å². The molecule has 4 rings (SSSR count). The lowest BCUT2D eigenvalue weighted by Gasteiger charge is -2.49. The first kappa shape index (κ1) is 28.9. The molecule has 0 aliphatic carbocycles. The summed E-state index contributed by atoms with van der Waals surface area (Å²) in [7, 11) is 0. The maximum atomic E-state index is 10.6. The SMILES string of the molecule is O=C(O)C(F)(F)F.O=C(O)C(F)(F)F.c1cncc(OCC2CCOC23CN(Cc2ccco2)C3)c1. The largest absolute Gasteiger partial charge is 0.492 e. The van der Waals surface area contributed by atoms with Crippen LogP contribution in [-0.4, -0.2) is 76.3 Å². The highest BCUT2D eigenvalue weighted by atomic mass is 19.4. The van der Waals surface area contributed by atoms with Gasteiger partial charge in [0.05, 0.1) is 31.2 Å². The molecule has 200 valence electrons. The monoisotopic (exact) mass is 528 g/mol. The molecule has 15 heteroatoms. The van der Waals surface area contributed by atoms with Gasteiger partial charge in [-0.25, -0.2) is 9.59 Å². The molecule has 2 aromatic rings. The normalized spacial score (nSPS) is 18.8. The van der Waals surface area contributed by atoms with Gasteiger partial charge < -0.3 is 24.1 Å². The van der Waals surface area contributed by atoms with Crippen molar-refractivity contribution in [1.29, 1.82) is 0 Å². The van der Waals surface area contributed by atoms with E-state index in [1.54, 1.807) is 18.7 Å². The number of carboxylic acid groups (broad SMARTS) is 2. The number of carboxylic acids is 2. The summed E-state index contributed by atoms with van der Waals surface area (Å²) in [4.78, 5) is 24.2. The summed E-state index contributed by atoms with van der Waals surface area (Å²) in [6, 6.07) is 7.79. The van der Waals surface area contributed by atoms with Crippen LogP contribution in [0.2, 0.25) is 0 Å². The number of nitrogens with zero attached hydrogens (tertiary/aromatic N) is 2. The number of rotatable bonds is 5. The Hall–Kier alpha value is -3.33. The molecule has 1 spiro atoms. The van der Waals surface area contributed by atoms with E-state index in [0.717, 1.165) is 44.2 Å². The van der Waals surface area contributed by atoms with E-state index in [2.05, 4.69) is 9.88 Å². The van der Waals surface area contributed by atoms with Gasteiger partial charge in [-0.2, -0.15) is 26.3 Å². The lowest BCUT2D eigenvalue weighted by Crippen LogP contribution is -2.64. The van der Waals surface area contributed by atoms with E-state index in [-0.39, 0.29) is 5.60 Å². The van der Waals surface area contributed by atoms with Crippen LogP contribution in [0.3, 0.4) is 0 Å². The van der Waals surface area contributed by atoms with Crippen LogP contribution in [0.1, 0.15) is 12.2 Å². The van der Waals surface area contributed by atoms with Gasteiger partial charge in [-0.05, 0) is 30.7 Å². The first-order valence-corrected chi connectivity index (χ1v) is 10.2. The third kappa shape index (κ3) is 8.71. The molecule has 2 aliphatic rings. The van der Waals surface area contributed by atoms with Crippen LogP contribution >= 0.6 is 0 Å². The summed E-state index contributed by atoms with van der Waals surface area (Å²) in [6.45, 7) is 4.29. The molecule has 2 aliphatic heterocycles. The minimum atomic E-state index is -5.08. The summed E-state index contributed by atoms with van der Waals surface area (Å²) >= 11 is 0. The smallest absolute Gasteiger partial charge is 0.490 e. The van der Waals surface area contributed by atoms with E-state index in [1.165, 1.54) is 0 Å². The van der Waals surface area contributed by atoms with Gasteiger partial charge in [0.15, 0.2) is 0 Å². The van der Waals surface area contributed by atoms with Crippen LogP contribution in [-0.2, 0) is 20.9 Å². The zero-order chi connectivity index (χ0) is 27.0. The molecule has 0 amide bonds. The molecule has 1 unspecified atom stereocenters. The Labute approximate surface area is 200 Å². The van der Waals surface area contributed by atoms with Crippen LogP contribution in [0.5, 0.6) is 5.75 Å². The highest BCUT2D eigenvalue weighted by Crippen LogP contribution is 2.40. The van der Waals surface area contributed by atoms with Crippen molar-refractivity contribution in [2.45, 2.75) is 30.9 Å². The molecule has 9 nitrogen and oxygen atoms in total. The average molecular weight is 528 g/mol. The second-order valence-electron chi connectivity index (χ2n) is 7.73. The van der Waals surface area contributed by atoms with Gasteiger partial charge in [0.1, 0.15) is 11.5 Å². The summed E-state index contributed by atoms with van der Waals surface area (Å²) in [5.41, 5.74) is -0.0329. The molecule has 0 aromatic carbocycles. The minimum Gasteiger partial charge on any atom is -0.492 e. The highest BCUT2D eigenvalue weighted by Gasteiger charge is 2.53. The van der Waals surface area contributed by atoms with Gasteiger partial charge in [0.25, 0.3) is 0 Å². The minimum absolute atomic E-state index is 0.0329. The van der Waals surface area contributed by atoms with Crippen LogP contribution in [0.15, 0.2) is 47.3 Å². The predicted octanol–water partition coefficient (Wildman–Crippen LogP) is 3.61. The number of pyridine rings is 1. The van der Waals surface area contributed by atoms with Crippen LogP contribution < -0.4 is 4.74 Å². The number of halogens is 6. The van der Waals surface area contributed by atoms with E-state index in [4.69, 9.17) is 33.7 Å². The number of alkyl halides is 6. The Morgan fingerprint density at radius 3 is 2.17 bits per heavy atom. The number of likely N-dealkylation sites (tertiary alicyclic amines) is 1. The number of furan rings is 1. The molecule has 0 bridgehead atoms. The van der Waals surface area contributed by atoms with Gasteiger partial charge in [-0.15, -0.1) is 0 Å². The molecular weight excluding hydrogens is 506 g/mol. The Morgan fingerprint density at radius 2 is 1.69 bits per heavy atom. The van der Waals surface area contributed by atoms with E-state index in [9.17, 15) is 26.3 Å². The van der Waals surface area contributed by atoms with Crippen LogP contribution in [0.25, 0.3) is 0 Å². The molecule has 36 heavy (non-hydrogen) atoms. The molecule has 0 saturated carbocycles. The van der Waals surface area contributed by atoms with Gasteiger partial charge in [-0.1, -0.05) is 0 Å². The molecule has 2 N–H and O–H groups in total. The fourth-order valence-corrected chi connectivity index (χ4v) is 3.44. The number of hydrogen-bond acceptors (Lipinski definition) is 7. The second kappa shape index (κ2) is 12.1. The molecule has 2 saturated heterocycles. The van der Waals surface area contributed by atoms with E-state index in [1.807, 2.05) is 24.3 Å². The Bertz CT molecular complexity index is 937. The molecule has 1 atom stereocenters. The molecule has 4 heterocycles. The number of aromatic nitrogens is 1. The second-order valence-corrected chi connectivity index (χ2v) is 7.73. The number of ether oxygens (including phenoxy) is 2. The maximum Gasteiger partial charge on any atom is 0.490 e. The molecule has 2 aromatic heterocycles. The number of carbonyl (C=O) groups is 2. The first-order valence-electron chi connectivity index (χ1n) is 10.2. The van der Waals surface area contributed by atoms with Gasteiger partial charge in [-0.3, -0.25) is 9.88 Å². The Morgan fingerprint density at radius 1 is 1.08 bits per heavy atom. The van der Waals surface area contributed by atoms with E-state index >= 15 is 0 Å². The fourth-order valence-electron chi connectivity index (χ4n) is 3.44. The third-order valence-electron chi connectivity index (χ3n) is 5.11.